The first kappa shape index (κ1) is 13.2. The van der Waals surface area contributed by atoms with Crippen molar-refractivity contribution in [1.29, 1.82) is 0 Å². The van der Waals surface area contributed by atoms with Crippen LogP contribution in [0.15, 0.2) is 0 Å². The fraction of sp³-hybridized carbons (Fsp3) is 0.909. The first-order chi connectivity index (χ1) is 5.81. The van der Waals surface area contributed by atoms with E-state index in [2.05, 4.69) is 47.2 Å². The van der Waals surface area contributed by atoms with E-state index in [1.807, 2.05) is 0 Å². The zero-order valence-electron chi connectivity index (χ0n) is 10.1. The summed E-state index contributed by atoms with van der Waals surface area (Å²) in [5, 5.41) is 0.346. The van der Waals surface area contributed by atoms with E-state index >= 15 is 0 Å². The highest BCUT2D eigenvalue weighted by molar-refractivity contribution is 6.74. The largest absolute Gasteiger partial charge is 0.417 e. The van der Waals surface area contributed by atoms with Gasteiger partial charge < -0.3 is 4.43 Å². The van der Waals surface area contributed by atoms with Gasteiger partial charge >= 0.3 is 0 Å². The van der Waals surface area contributed by atoms with Crippen molar-refractivity contribution in [3.63, 3.8) is 0 Å². The summed E-state index contributed by atoms with van der Waals surface area (Å²) in [6.45, 7) is 14.5. The summed E-state index contributed by atoms with van der Waals surface area (Å²) < 4.78 is 6.00. The van der Waals surface area contributed by atoms with Gasteiger partial charge in [0, 0.05) is 6.61 Å². The van der Waals surface area contributed by atoms with E-state index in [1.165, 1.54) is 0 Å². The van der Waals surface area contributed by atoms with Crippen molar-refractivity contribution in [3.05, 3.63) is 6.42 Å². The maximum Gasteiger partial charge on any atom is 0.191 e. The summed E-state index contributed by atoms with van der Waals surface area (Å²) in [6.07, 6.45) is 4.54. The molecule has 0 aliphatic heterocycles. The van der Waals surface area contributed by atoms with Crippen molar-refractivity contribution < 1.29 is 4.43 Å². The zero-order valence-corrected chi connectivity index (χ0v) is 11.1. The van der Waals surface area contributed by atoms with E-state index in [4.69, 9.17) is 4.43 Å². The molecular weight excluding hydrogens is 176 g/mol. The minimum atomic E-state index is -1.47. The summed E-state index contributed by atoms with van der Waals surface area (Å²) in [7, 11) is -1.47. The predicted octanol–water partition coefficient (Wildman–Crippen LogP) is 4.01. The first-order valence-electron chi connectivity index (χ1n) is 5.27. The van der Waals surface area contributed by atoms with Crippen LogP contribution in [0.25, 0.3) is 0 Å². The van der Waals surface area contributed by atoms with Gasteiger partial charge in [0.15, 0.2) is 8.32 Å². The highest BCUT2D eigenvalue weighted by Crippen LogP contribution is 2.36. The Labute approximate surface area is 85.0 Å². The number of unbranched alkanes of at least 4 members (excludes halogenated alkanes) is 2. The molecule has 13 heavy (non-hydrogen) atoms. The molecule has 0 amide bonds. The van der Waals surface area contributed by atoms with Crippen molar-refractivity contribution in [2.75, 3.05) is 6.61 Å². The summed E-state index contributed by atoms with van der Waals surface area (Å²) >= 11 is 0. The SMILES string of the molecule is CC[CH]CCO[Si](C)(C)C(C)(C)C. The second-order valence-electron chi connectivity index (χ2n) is 5.09. The van der Waals surface area contributed by atoms with Gasteiger partial charge in [-0.05, 0) is 31.0 Å². The second kappa shape index (κ2) is 5.16. The lowest BCUT2D eigenvalue weighted by Crippen LogP contribution is -2.40. The molecule has 0 saturated carbocycles. The van der Waals surface area contributed by atoms with Gasteiger partial charge in [-0.25, -0.2) is 0 Å². The Kier molecular flexibility index (Phi) is 5.23. The van der Waals surface area contributed by atoms with Crippen LogP contribution in [0.1, 0.15) is 40.5 Å². The highest BCUT2D eigenvalue weighted by Gasteiger charge is 2.36. The maximum absolute atomic E-state index is 6.00. The van der Waals surface area contributed by atoms with E-state index in [1.54, 1.807) is 0 Å². The van der Waals surface area contributed by atoms with E-state index in [0.717, 1.165) is 19.4 Å². The van der Waals surface area contributed by atoms with Crippen molar-refractivity contribution >= 4 is 8.32 Å². The maximum atomic E-state index is 6.00. The zero-order chi connectivity index (χ0) is 10.5. The molecule has 0 fully saturated rings. The fourth-order valence-electron chi connectivity index (χ4n) is 0.818. The van der Waals surface area contributed by atoms with E-state index in [0.29, 0.717) is 5.04 Å². The summed E-state index contributed by atoms with van der Waals surface area (Å²) in [6, 6.07) is 0. The van der Waals surface area contributed by atoms with Crippen LogP contribution in [0.3, 0.4) is 0 Å². The van der Waals surface area contributed by atoms with Crippen LogP contribution < -0.4 is 0 Å². The van der Waals surface area contributed by atoms with Gasteiger partial charge in [-0.15, -0.1) is 0 Å². The van der Waals surface area contributed by atoms with Crippen LogP contribution in [0.5, 0.6) is 0 Å². The molecule has 0 aliphatic rings. The molecule has 1 nitrogen and oxygen atoms in total. The lowest BCUT2D eigenvalue weighted by atomic mass is 10.2. The topological polar surface area (TPSA) is 9.23 Å². The molecule has 79 valence electrons. The van der Waals surface area contributed by atoms with Gasteiger partial charge in [0.05, 0.1) is 0 Å². The molecule has 0 rings (SSSR count). The molecule has 0 spiro atoms. The lowest BCUT2D eigenvalue weighted by molar-refractivity contribution is 0.290. The quantitative estimate of drug-likeness (QED) is 0.482. The van der Waals surface area contributed by atoms with Crippen LogP contribution in [0.2, 0.25) is 18.1 Å². The third kappa shape index (κ3) is 4.82. The molecule has 0 aliphatic carbocycles. The molecule has 0 unspecified atom stereocenters. The number of rotatable bonds is 5. The van der Waals surface area contributed by atoms with Crippen LogP contribution in [-0.4, -0.2) is 14.9 Å². The number of hydrogen-bond acceptors (Lipinski definition) is 1. The molecule has 0 atom stereocenters. The van der Waals surface area contributed by atoms with E-state index in [9.17, 15) is 0 Å². The summed E-state index contributed by atoms with van der Waals surface area (Å²) in [5.41, 5.74) is 0. The lowest BCUT2D eigenvalue weighted by Gasteiger charge is -2.36. The molecule has 0 aromatic heterocycles. The monoisotopic (exact) mass is 201 g/mol. The Hall–Kier alpha value is 0.177. The molecule has 2 heteroatoms. The first-order valence-corrected chi connectivity index (χ1v) is 8.17. The molecule has 0 N–H and O–H groups in total. The van der Waals surface area contributed by atoms with Crippen LogP contribution >= 0.6 is 0 Å². The highest BCUT2D eigenvalue weighted by atomic mass is 28.4. The van der Waals surface area contributed by atoms with Gasteiger partial charge in [-0.1, -0.05) is 34.1 Å². The van der Waals surface area contributed by atoms with Gasteiger partial charge in [0.2, 0.25) is 0 Å². The van der Waals surface area contributed by atoms with E-state index < -0.39 is 8.32 Å². The van der Waals surface area contributed by atoms with Gasteiger partial charge in [-0.3, -0.25) is 0 Å². The normalized spacial score (nSPS) is 13.4. The van der Waals surface area contributed by atoms with Crippen LogP contribution in [0, 0.1) is 6.42 Å². The average molecular weight is 201 g/mol. The van der Waals surface area contributed by atoms with E-state index in [-0.39, 0.29) is 0 Å². The van der Waals surface area contributed by atoms with Crippen molar-refractivity contribution in [1.82, 2.24) is 0 Å². The van der Waals surface area contributed by atoms with Crippen molar-refractivity contribution in [2.45, 2.75) is 58.7 Å². The Morgan fingerprint density at radius 3 is 2.15 bits per heavy atom. The molecule has 0 aromatic carbocycles. The molecule has 0 heterocycles. The Bertz CT molecular complexity index is 136. The third-order valence-corrected chi connectivity index (χ3v) is 7.42. The van der Waals surface area contributed by atoms with Crippen LogP contribution in [0.4, 0.5) is 0 Å². The Morgan fingerprint density at radius 2 is 1.77 bits per heavy atom. The van der Waals surface area contributed by atoms with Gasteiger partial charge in [0.25, 0.3) is 0 Å². The van der Waals surface area contributed by atoms with Crippen molar-refractivity contribution in [2.24, 2.45) is 0 Å². The van der Waals surface area contributed by atoms with Gasteiger partial charge in [-0.2, -0.15) is 0 Å². The van der Waals surface area contributed by atoms with Gasteiger partial charge in [0.1, 0.15) is 0 Å². The smallest absolute Gasteiger partial charge is 0.191 e. The Morgan fingerprint density at radius 1 is 1.23 bits per heavy atom. The fourth-order valence-corrected chi connectivity index (χ4v) is 1.88. The standard InChI is InChI=1S/C11H25OSi/c1-7-8-9-10-12-13(5,6)11(2,3)4/h8H,7,9-10H2,1-6H3. The Balaban J connectivity index is 3.77. The molecule has 1 radical (unpaired) electrons. The predicted molar refractivity (Wildman–Crippen MR) is 62.4 cm³/mol. The summed E-state index contributed by atoms with van der Waals surface area (Å²) in [4.78, 5) is 0. The van der Waals surface area contributed by atoms with Crippen LogP contribution in [-0.2, 0) is 4.43 Å². The number of hydrogen-bond donors (Lipinski definition) is 0. The second-order valence-corrected chi connectivity index (χ2v) is 9.90. The molecular formula is C11H25OSi. The summed E-state index contributed by atoms with van der Waals surface area (Å²) in [5.74, 6) is 0. The average Bonchev–Trinajstić information content (AvgIpc) is 1.96. The third-order valence-electron chi connectivity index (χ3n) is 2.88. The minimum absolute atomic E-state index is 0.346. The van der Waals surface area contributed by atoms with Crippen molar-refractivity contribution in [3.8, 4) is 0 Å². The molecule has 0 aromatic rings. The minimum Gasteiger partial charge on any atom is -0.417 e. The molecule has 0 bridgehead atoms. The molecule has 0 saturated heterocycles.